The quantitative estimate of drug-likeness (QED) is 0.764. The fourth-order valence-electron chi connectivity index (χ4n) is 2.65. The Bertz CT molecular complexity index is 885. The molecule has 0 aliphatic rings. The Balaban J connectivity index is 1.80. The van der Waals surface area contributed by atoms with Gasteiger partial charge < -0.3 is 14.6 Å². The topological polar surface area (TPSA) is 77.2 Å². The van der Waals surface area contributed by atoms with E-state index < -0.39 is 0 Å². The lowest BCUT2D eigenvalue weighted by molar-refractivity contribution is 0.0939. The van der Waals surface area contributed by atoms with Gasteiger partial charge in [0.2, 0.25) is 0 Å². The van der Waals surface area contributed by atoms with Crippen molar-refractivity contribution in [1.82, 2.24) is 15.5 Å². The van der Waals surface area contributed by atoms with Gasteiger partial charge in [-0.15, -0.1) is 0 Å². The van der Waals surface area contributed by atoms with Crippen LogP contribution in [0.25, 0.3) is 11.1 Å². The summed E-state index contributed by atoms with van der Waals surface area (Å²) in [4.78, 5) is 16.8. The van der Waals surface area contributed by atoms with E-state index in [2.05, 4.69) is 15.5 Å². The molecular formula is C19H21N3O3. The van der Waals surface area contributed by atoms with Gasteiger partial charge in [0.05, 0.1) is 29.8 Å². The number of nitrogens with one attached hydrogen (secondary N) is 1. The van der Waals surface area contributed by atoms with E-state index >= 15 is 0 Å². The van der Waals surface area contributed by atoms with Crippen LogP contribution in [-0.2, 0) is 0 Å². The first-order valence-corrected chi connectivity index (χ1v) is 8.19. The van der Waals surface area contributed by atoms with E-state index in [1.165, 1.54) is 6.20 Å². The summed E-state index contributed by atoms with van der Waals surface area (Å²) >= 11 is 0. The maximum atomic E-state index is 12.6. The summed E-state index contributed by atoms with van der Waals surface area (Å²) in [7, 11) is 1.62. The van der Waals surface area contributed by atoms with Gasteiger partial charge in [-0.1, -0.05) is 31.1 Å². The average molecular weight is 339 g/mol. The summed E-state index contributed by atoms with van der Waals surface area (Å²) in [5.41, 5.74) is 2.73. The predicted molar refractivity (Wildman–Crippen MR) is 94.8 cm³/mol. The summed E-state index contributed by atoms with van der Waals surface area (Å²) in [5.74, 6) is 0.791. The monoisotopic (exact) mass is 339 g/mol. The Labute approximate surface area is 146 Å². The Kier molecular flexibility index (Phi) is 4.70. The third-order valence-electron chi connectivity index (χ3n) is 4.13. The highest BCUT2D eigenvalue weighted by molar-refractivity contribution is 5.97. The molecule has 1 amide bonds. The predicted octanol–water partition coefficient (Wildman–Crippen LogP) is 3.85. The molecule has 0 fully saturated rings. The lowest BCUT2D eigenvalue weighted by Gasteiger charge is -2.14. The Morgan fingerprint density at radius 1 is 1.20 bits per heavy atom. The van der Waals surface area contributed by atoms with E-state index in [0.717, 1.165) is 22.4 Å². The highest BCUT2D eigenvalue weighted by atomic mass is 16.5. The molecule has 0 radical (unpaired) electrons. The van der Waals surface area contributed by atoms with Crippen LogP contribution in [0.3, 0.4) is 0 Å². The SMILES string of the molecule is COc1ccc(C(C)NC(=O)c2cnc3onc(C(C)C)c3c2)cc1. The van der Waals surface area contributed by atoms with Crippen molar-refractivity contribution < 1.29 is 14.1 Å². The van der Waals surface area contributed by atoms with Crippen molar-refractivity contribution in [3.05, 3.63) is 53.3 Å². The maximum Gasteiger partial charge on any atom is 0.257 e. The number of methoxy groups -OCH3 is 1. The summed E-state index contributed by atoms with van der Waals surface area (Å²) in [6.07, 6.45) is 1.51. The molecule has 2 aromatic heterocycles. The zero-order valence-corrected chi connectivity index (χ0v) is 14.7. The second-order valence-corrected chi connectivity index (χ2v) is 6.27. The third-order valence-corrected chi connectivity index (χ3v) is 4.13. The molecule has 0 spiro atoms. The smallest absolute Gasteiger partial charge is 0.257 e. The standard InChI is InChI=1S/C19H21N3O3/c1-11(2)17-16-9-14(10-20-19(16)25-22-17)18(23)21-12(3)13-5-7-15(24-4)8-6-13/h5-12H,1-4H3,(H,21,23). The molecule has 0 saturated heterocycles. The van der Waals surface area contributed by atoms with Crippen LogP contribution in [0.4, 0.5) is 0 Å². The first-order valence-electron chi connectivity index (χ1n) is 8.19. The van der Waals surface area contributed by atoms with Gasteiger partial charge in [-0.3, -0.25) is 4.79 Å². The fourth-order valence-corrected chi connectivity index (χ4v) is 2.65. The van der Waals surface area contributed by atoms with Gasteiger partial charge in [-0.2, -0.15) is 0 Å². The largest absolute Gasteiger partial charge is 0.497 e. The molecule has 0 aliphatic carbocycles. The van der Waals surface area contributed by atoms with Crippen molar-refractivity contribution >= 4 is 17.0 Å². The van der Waals surface area contributed by atoms with Gasteiger partial charge in [0, 0.05) is 6.20 Å². The fraction of sp³-hybridized carbons (Fsp3) is 0.316. The van der Waals surface area contributed by atoms with Gasteiger partial charge >= 0.3 is 0 Å². The lowest BCUT2D eigenvalue weighted by Crippen LogP contribution is -2.26. The minimum absolute atomic E-state index is 0.138. The van der Waals surface area contributed by atoms with E-state index in [1.54, 1.807) is 13.2 Å². The number of aromatic nitrogens is 2. The number of fused-ring (bicyclic) bond motifs is 1. The molecule has 0 saturated carbocycles. The molecule has 3 aromatic rings. The molecule has 130 valence electrons. The third kappa shape index (κ3) is 3.47. The van der Waals surface area contributed by atoms with E-state index in [-0.39, 0.29) is 17.9 Å². The van der Waals surface area contributed by atoms with Gasteiger partial charge in [-0.05, 0) is 36.6 Å². The Morgan fingerprint density at radius 2 is 1.92 bits per heavy atom. The van der Waals surface area contributed by atoms with E-state index in [4.69, 9.17) is 9.26 Å². The molecule has 1 atom stereocenters. The number of carbonyl (C=O) groups is 1. The van der Waals surface area contributed by atoms with Crippen LogP contribution in [0.5, 0.6) is 5.75 Å². The second kappa shape index (κ2) is 6.93. The Hall–Kier alpha value is -2.89. The summed E-state index contributed by atoms with van der Waals surface area (Å²) in [6, 6.07) is 9.25. The number of benzene rings is 1. The van der Waals surface area contributed by atoms with Crippen molar-refractivity contribution in [1.29, 1.82) is 0 Å². The molecule has 25 heavy (non-hydrogen) atoms. The molecule has 6 nitrogen and oxygen atoms in total. The molecule has 1 aromatic carbocycles. The number of hydrogen-bond acceptors (Lipinski definition) is 5. The number of nitrogens with zero attached hydrogens (tertiary/aromatic N) is 2. The molecule has 6 heteroatoms. The van der Waals surface area contributed by atoms with Crippen molar-refractivity contribution in [2.45, 2.75) is 32.7 Å². The van der Waals surface area contributed by atoms with Crippen molar-refractivity contribution in [3.8, 4) is 5.75 Å². The number of carbonyl (C=O) groups excluding carboxylic acids is 1. The normalized spacial score (nSPS) is 12.4. The lowest BCUT2D eigenvalue weighted by atomic mass is 10.1. The van der Waals surface area contributed by atoms with Crippen LogP contribution >= 0.6 is 0 Å². The number of amides is 1. The van der Waals surface area contributed by atoms with Crippen LogP contribution in [-0.4, -0.2) is 23.2 Å². The highest BCUT2D eigenvalue weighted by Crippen LogP contribution is 2.24. The van der Waals surface area contributed by atoms with E-state index in [9.17, 15) is 4.79 Å². The molecule has 3 rings (SSSR count). The summed E-state index contributed by atoms with van der Waals surface area (Å²) in [5, 5.41) is 7.80. The van der Waals surface area contributed by atoms with E-state index in [0.29, 0.717) is 11.3 Å². The molecule has 1 N–H and O–H groups in total. The number of ether oxygens (including phenoxy) is 1. The van der Waals surface area contributed by atoms with E-state index in [1.807, 2.05) is 45.0 Å². The van der Waals surface area contributed by atoms with Gasteiger partial charge in [0.25, 0.3) is 11.6 Å². The summed E-state index contributed by atoms with van der Waals surface area (Å²) < 4.78 is 10.4. The second-order valence-electron chi connectivity index (χ2n) is 6.27. The molecular weight excluding hydrogens is 318 g/mol. The van der Waals surface area contributed by atoms with Gasteiger partial charge in [-0.25, -0.2) is 4.98 Å². The van der Waals surface area contributed by atoms with Crippen LogP contribution in [0.1, 0.15) is 54.3 Å². The zero-order chi connectivity index (χ0) is 18.0. The number of hydrogen-bond donors (Lipinski definition) is 1. The van der Waals surface area contributed by atoms with Crippen molar-refractivity contribution in [2.24, 2.45) is 0 Å². The van der Waals surface area contributed by atoms with Crippen LogP contribution in [0, 0.1) is 0 Å². The van der Waals surface area contributed by atoms with Crippen LogP contribution < -0.4 is 10.1 Å². The molecule has 2 heterocycles. The summed E-state index contributed by atoms with van der Waals surface area (Å²) in [6.45, 7) is 5.98. The first kappa shape index (κ1) is 17.0. The zero-order valence-electron chi connectivity index (χ0n) is 14.7. The van der Waals surface area contributed by atoms with Crippen LogP contribution in [0.15, 0.2) is 41.1 Å². The van der Waals surface area contributed by atoms with Crippen molar-refractivity contribution in [3.63, 3.8) is 0 Å². The van der Waals surface area contributed by atoms with Gasteiger partial charge in [0.15, 0.2) is 0 Å². The van der Waals surface area contributed by atoms with Crippen LogP contribution in [0.2, 0.25) is 0 Å². The van der Waals surface area contributed by atoms with Gasteiger partial charge in [0.1, 0.15) is 5.75 Å². The molecule has 0 bridgehead atoms. The Morgan fingerprint density at radius 3 is 2.56 bits per heavy atom. The minimum atomic E-state index is -0.186. The minimum Gasteiger partial charge on any atom is -0.497 e. The maximum absolute atomic E-state index is 12.6. The molecule has 1 unspecified atom stereocenters. The molecule has 0 aliphatic heterocycles. The number of rotatable bonds is 5. The average Bonchev–Trinajstić information content (AvgIpc) is 3.05. The highest BCUT2D eigenvalue weighted by Gasteiger charge is 2.17. The van der Waals surface area contributed by atoms with Crippen molar-refractivity contribution in [2.75, 3.05) is 7.11 Å². The first-order chi connectivity index (χ1) is 12.0. The number of pyridine rings is 1.